The molecule has 1 aliphatic rings. The Kier molecular flexibility index (Phi) is 6.34. The van der Waals surface area contributed by atoms with E-state index in [1.54, 1.807) is 0 Å². The van der Waals surface area contributed by atoms with Crippen molar-refractivity contribution in [3.63, 3.8) is 0 Å². The molecule has 1 aromatic rings. The highest BCUT2D eigenvalue weighted by Gasteiger charge is 2.12. The minimum absolute atomic E-state index is 0.838. The third kappa shape index (κ3) is 4.22. The van der Waals surface area contributed by atoms with Gasteiger partial charge < -0.3 is 15.0 Å². The molecule has 2 rings (SSSR count). The summed E-state index contributed by atoms with van der Waals surface area (Å²) in [6.45, 7) is 10.8. The first-order valence-electron chi connectivity index (χ1n) is 8.01. The van der Waals surface area contributed by atoms with Crippen LogP contribution in [0, 0.1) is 0 Å². The number of nitrogens with one attached hydrogen (secondary N) is 1. The Balaban J connectivity index is 1.74. The molecule has 1 aromatic carbocycles. The van der Waals surface area contributed by atoms with Gasteiger partial charge in [-0.15, -0.1) is 0 Å². The third-order valence-electron chi connectivity index (χ3n) is 4.12. The van der Waals surface area contributed by atoms with E-state index in [0.29, 0.717) is 0 Å². The Morgan fingerprint density at radius 2 is 2.05 bits per heavy atom. The molecule has 1 aliphatic heterocycles. The van der Waals surface area contributed by atoms with Crippen LogP contribution in [0.15, 0.2) is 18.2 Å². The monoisotopic (exact) mass is 276 g/mol. The van der Waals surface area contributed by atoms with Gasteiger partial charge in [-0.1, -0.05) is 26.0 Å². The zero-order valence-electron chi connectivity index (χ0n) is 13.0. The molecule has 0 spiro atoms. The average Bonchev–Trinajstić information content (AvgIpc) is 2.51. The van der Waals surface area contributed by atoms with Crippen molar-refractivity contribution in [3.05, 3.63) is 29.3 Å². The van der Waals surface area contributed by atoms with Crippen LogP contribution >= 0.6 is 0 Å². The van der Waals surface area contributed by atoms with Gasteiger partial charge in [0.2, 0.25) is 0 Å². The number of nitrogens with zero attached hydrogens (tertiary/aromatic N) is 1. The van der Waals surface area contributed by atoms with E-state index in [-0.39, 0.29) is 0 Å². The van der Waals surface area contributed by atoms with Crippen LogP contribution in [0.3, 0.4) is 0 Å². The van der Waals surface area contributed by atoms with E-state index in [9.17, 15) is 0 Å². The summed E-state index contributed by atoms with van der Waals surface area (Å²) < 4.78 is 6.01. The van der Waals surface area contributed by atoms with E-state index in [1.807, 2.05) is 0 Å². The van der Waals surface area contributed by atoms with Crippen LogP contribution in [0.25, 0.3) is 0 Å². The zero-order valence-corrected chi connectivity index (χ0v) is 13.0. The molecule has 112 valence electrons. The van der Waals surface area contributed by atoms with Crippen LogP contribution in [0.2, 0.25) is 0 Å². The fraction of sp³-hybridized carbons (Fsp3) is 0.647. The number of rotatable bonds is 8. The van der Waals surface area contributed by atoms with Crippen molar-refractivity contribution in [3.8, 4) is 5.75 Å². The maximum Gasteiger partial charge on any atom is 0.122 e. The normalized spacial score (nSPS) is 14.3. The first-order valence-corrected chi connectivity index (χ1v) is 8.01. The maximum atomic E-state index is 6.01. The van der Waals surface area contributed by atoms with Crippen LogP contribution in [0.1, 0.15) is 37.8 Å². The van der Waals surface area contributed by atoms with Gasteiger partial charge in [0.15, 0.2) is 0 Å². The molecular formula is C17H28N2O. The topological polar surface area (TPSA) is 24.5 Å². The van der Waals surface area contributed by atoms with Gasteiger partial charge in [-0.05, 0) is 62.6 Å². The molecule has 0 amide bonds. The van der Waals surface area contributed by atoms with Gasteiger partial charge >= 0.3 is 0 Å². The van der Waals surface area contributed by atoms with E-state index < -0.39 is 0 Å². The van der Waals surface area contributed by atoms with E-state index in [0.717, 1.165) is 51.4 Å². The number of ether oxygens (including phenoxy) is 1. The molecule has 1 N–H and O–H groups in total. The SMILES string of the molecule is CCN(CC)CCCCOc1cccc2c1CCNC2. The second-order valence-corrected chi connectivity index (χ2v) is 5.40. The molecule has 0 aromatic heterocycles. The largest absolute Gasteiger partial charge is 0.493 e. The first kappa shape index (κ1) is 15.3. The Bertz CT molecular complexity index is 402. The average molecular weight is 276 g/mol. The van der Waals surface area contributed by atoms with Crippen molar-refractivity contribution in [2.75, 3.05) is 32.8 Å². The molecule has 0 unspecified atom stereocenters. The lowest BCUT2D eigenvalue weighted by atomic mass is 10.0. The van der Waals surface area contributed by atoms with Crippen molar-refractivity contribution < 1.29 is 4.74 Å². The molecule has 0 atom stereocenters. The molecule has 0 saturated heterocycles. The molecule has 0 saturated carbocycles. The summed E-state index contributed by atoms with van der Waals surface area (Å²) >= 11 is 0. The van der Waals surface area contributed by atoms with Gasteiger partial charge in [0.25, 0.3) is 0 Å². The predicted molar refractivity (Wildman–Crippen MR) is 84.4 cm³/mol. The lowest BCUT2D eigenvalue weighted by Crippen LogP contribution is -2.24. The minimum atomic E-state index is 0.838. The summed E-state index contributed by atoms with van der Waals surface area (Å²) in [5, 5.41) is 3.41. The Hall–Kier alpha value is -1.06. The highest BCUT2D eigenvalue weighted by Crippen LogP contribution is 2.25. The van der Waals surface area contributed by atoms with Crippen molar-refractivity contribution in [2.45, 2.75) is 39.7 Å². The van der Waals surface area contributed by atoms with Crippen LogP contribution in [-0.2, 0) is 13.0 Å². The van der Waals surface area contributed by atoms with Crippen molar-refractivity contribution in [1.29, 1.82) is 0 Å². The minimum Gasteiger partial charge on any atom is -0.493 e. The quantitative estimate of drug-likeness (QED) is 0.739. The summed E-state index contributed by atoms with van der Waals surface area (Å²) in [7, 11) is 0. The molecule has 0 radical (unpaired) electrons. The van der Waals surface area contributed by atoms with E-state index in [2.05, 4.69) is 42.3 Å². The van der Waals surface area contributed by atoms with Gasteiger partial charge in [0, 0.05) is 6.54 Å². The fourth-order valence-corrected chi connectivity index (χ4v) is 2.79. The predicted octanol–water partition coefficient (Wildman–Crippen LogP) is 2.83. The summed E-state index contributed by atoms with van der Waals surface area (Å²) in [6.07, 6.45) is 3.45. The molecule has 20 heavy (non-hydrogen) atoms. The van der Waals surface area contributed by atoms with Gasteiger partial charge in [0.05, 0.1) is 6.61 Å². The second-order valence-electron chi connectivity index (χ2n) is 5.40. The highest BCUT2D eigenvalue weighted by atomic mass is 16.5. The third-order valence-corrected chi connectivity index (χ3v) is 4.12. The van der Waals surface area contributed by atoms with E-state index in [4.69, 9.17) is 4.74 Å². The Morgan fingerprint density at radius 1 is 1.20 bits per heavy atom. The van der Waals surface area contributed by atoms with E-state index >= 15 is 0 Å². The first-order chi connectivity index (χ1) is 9.85. The molecule has 0 fully saturated rings. The smallest absolute Gasteiger partial charge is 0.122 e. The van der Waals surface area contributed by atoms with Crippen molar-refractivity contribution >= 4 is 0 Å². The number of unbranched alkanes of at least 4 members (excludes halogenated alkanes) is 1. The maximum absolute atomic E-state index is 6.01. The van der Waals surface area contributed by atoms with Crippen LogP contribution in [-0.4, -0.2) is 37.7 Å². The van der Waals surface area contributed by atoms with Crippen molar-refractivity contribution in [1.82, 2.24) is 10.2 Å². The number of benzene rings is 1. The van der Waals surface area contributed by atoms with Gasteiger partial charge in [-0.2, -0.15) is 0 Å². The second kappa shape index (κ2) is 8.28. The fourth-order valence-electron chi connectivity index (χ4n) is 2.79. The number of hydrogen-bond acceptors (Lipinski definition) is 3. The van der Waals surface area contributed by atoms with E-state index in [1.165, 1.54) is 24.1 Å². The Labute approximate surface area is 123 Å². The van der Waals surface area contributed by atoms with Crippen LogP contribution in [0.5, 0.6) is 5.75 Å². The summed E-state index contributed by atoms with van der Waals surface area (Å²) in [6, 6.07) is 6.43. The van der Waals surface area contributed by atoms with Crippen LogP contribution in [0.4, 0.5) is 0 Å². The van der Waals surface area contributed by atoms with Gasteiger partial charge in [-0.3, -0.25) is 0 Å². The molecular weight excluding hydrogens is 248 g/mol. The van der Waals surface area contributed by atoms with Gasteiger partial charge in [0.1, 0.15) is 5.75 Å². The zero-order chi connectivity index (χ0) is 14.2. The molecule has 3 heteroatoms. The Morgan fingerprint density at radius 3 is 2.85 bits per heavy atom. The summed E-state index contributed by atoms with van der Waals surface area (Å²) in [5.74, 6) is 1.10. The molecule has 0 bridgehead atoms. The standard InChI is InChI=1S/C17H28N2O/c1-3-19(4-2)12-5-6-13-20-17-9-7-8-15-14-18-11-10-16(15)17/h7-9,18H,3-6,10-14H2,1-2H3. The highest BCUT2D eigenvalue weighted by molar-refractivity contribution is 5.41. The lowest BCUT2D eigenvalue weighted by molar-refractivity contribution is 0.264. The summed E-state index contributed by atoms with van der Waals surface area (Å²) in [5.41, 5.74) is 2.81. The number of hydrogen-bond donors (Lipinski definition) is 1. The van der Waals surface area contributed by atoms with Crippen LogP contribution < -0.4 is 10.1 Å². The molecule has 0 aliphatic carbocycles. The van der Waals surface area contributed by atoms with Crippen molar-refractivity contribution in [2.24, 2.45) is 0 Å². The molecule has 3 nitrogen and oxygen atoms in total. The number of fused-ring (bicyclic) bond motifs is 1. The molecule has 1 heterocycles. The van der Waals surface area contributed by atoms with Gasteiger partial charge in [-0.25, -0.2) is 0 Å². The lowest BCUT2D eigenvalue weighted by Gasteiger charge is -2.21. The summed E-state index contributed by atoms with van der Waals surface area (Å²) in [4.78, 5) is 2.47.